The van der Waals surface area contributed by atoms with E-state index in [4.69, 9.17) is 29.6 Å². The first-order chi connectivity index (χ1) is 10.1. The van der Waals surface area contributed by atoms with Gasteiger partial charge in [-0.1, -0.05) is 36.0 Å². The minimum Gasteiger partial charge on any atom is -0.389 e. The topological polar surface area (TPSA) is 30.9 Å². The van der Waals surface area contributed by atoms with E-state index in [1.165, 1.54) is 0 Å². The first-order valence-electron chi connectivity index (χ1n) is 6.38. The van der Waals surface area contributed by atoms with Crippen LogP contribution in [0.2, 0.25) is 5.02 Å². The van der Waals surface area contributed by atoms with Gasteiger partial charge < -0.3 is 10.3 Å². The molecule has 5 heteroatoms. The first kappa shape index (κ1) is 14.0. The van der Waals surface area contributed by atoms with Gasteiger partial charge in [0.15, 0.2) is 0 Å². The van der Waals surface area contributed by atoms with Gasteiger partial charge in [-0.15, -0.1) is 0 Å². The average molecular weight is 319 g/mol. The van der Waals surface area contributed by atoms with Crippen LogP contribution in [0, 0.1) is 5.82 Å². The van der Waals surface area contributed by atoms with Crippen molar-refractivity contribution in [2.45, 2.75) is 6.54 Å². The first-order valence-corrected chi connectivity index (χ1v) is 7.16. The molecule has 0 saturated carbocycles. The molecule has 0 amide bonds. The monoisotopic (exact) mass is 318 g/mol. The molecule has 3 aromatic rings. The van der Waals surface area contributed by atoms with Crippen molar-refractivity contribution in [3.8, 4) is 0 Å². The molecule has 0 unspecified atom stereocenters. The summed E-state index contributed by atoms with van der Waals surface area (Å²) in [5.41, 5.74) is 8.00. The molecule has 2 nitrogen and oxygen atoms in total. The molecule has 0 aliphatic rings. The summed E-state index contributed by atoms with van der Waals surface area (Å²) in [5.74, 6) is -0.374. The van der Waals surface area contributed by atoms with Crippen LogP contribution >= 0.6 is 23.8 Å². The van der Waals surface area contributed by atoms with Crippen LogP contribution < -0.4 is 5.73 Å². The molecule has 0 aliphatic carbocycles. The predicted molar refractivity (Wildman–Crippen MR) is 88.3 cm³/mol. The standard InChI is InChI=1S/C16H12ClFN2S/c17-13-3-1-2-12(15(13)18)9-20-7-6-10-8-11(16(19)21)4-5-14(10)20/h1-8H,9H2,(H2,19,21). The van der Waals surface area contributed by atoms with Gasteiger partial charge in [0.25, 0.3) is 0 Å². The summed E-state index contributed by atoms with van der Waals surface area (Å²) in [5, 5.41) is 1.16. The van der Waals surface area contributed by atoms with Gasteiger partial charge in [0.2, 0.25) is 0 Å². The van der Waals surface area contributed by atoms with Crippen LogP contribution in [0.25, 0.3) is 10.9 Å². The Morgan fingerprint density at radius 1 is 1.24 bits per heavy atom. The van der Waals surface area contributed by atoms with E-state index in [9.17, 15) is 4.39 Å². The number of benzene rings is 2. The number of hydrogen-bond acceptors (Lipinski definition) is 1. The molecule has 0 bridgehead atoms. The summed E-state index contributed by atoms with van der Waals surface area (Å²) in [6.07, 6.45) is 1.91. The normalized spacial score (nSPS) is 11.0. The molecular formula is C16H12ClFN2S. The Balaban J connectivity index is 2.02. The third kappa shape index (κ3) is 2.64. The van der Waals surface area contributed by atoms with Crippen LogP contribution in [0.15, 0.2) is 48.7 Å². The predicted octanol–water partition coefficient (Wildman–Crippen LogP) is 4.12. The third-order valence-electron chi connectivity index (χ3n) is 3.43. The minimum absolute atomic E-state index is 0.139. The molecule has 0 fully saturated rings. The van der Waals surface area contributed by atoms with Crippen LogP contribution in [0.4, 0.5) is 4.39 Å². The lowest BCUT2D eigenvalue weighted by molar-refractivity contribution is 0.602. The van der Waals surface area contributed by atoms with Crippen molar-refractivity contribution in [3.63, 3.8) is 0 Å². The number of nitrogens with zero attached hydrogens (tertiary/aromatic N) is 1. The van der Waals surface area contributed by atoms with Crippen LogP contribution in [0.3, 0.4) is 0 Å². The maximum Gasteiger partial charge on any atom is 0.146 e. The van der Waals surface area contributed by atoms with E-state index in [0.29, 0.717) is 17.1 Å². The molecule has 0 saturated heterocycles. The van der Waals surface area contributed by atoms with Crippen LogP contribution in [0.1, 0.15) is 11.1 Å². The van der Waals surface area contributed by atoms with Gasteiger partial charge in [-0.05, 0) is 30.3 Å². The number of aromatic nitrogens is 1. The highest BCUT2D eigenvalue weighted by molar-refractivity contribution is 7.80. The highest BCUT2D eigenvalue weighted by Crippen LogP contribution is 2.22. The fraction of sp³-hybridized carbons (Fsp3) is 0.0625. The van der Waals surface area contributed by atoms with Crippen molar-refractivity contribution >= 4 is 39.7 Å². The molecule has 1 aromatic heterocycles. The Kier molecular flexibility index (Phi) is 3.66. The molecule has 106 valence electrons. The maximum atomic E-state index is 14.0. The fourth-order valence-corrected chi connectivity index (χ4v) is 2.67. The second-order valence-electron chi connectivity index (χ2n) is 4.79. The van der Waals surface area contributed by atoms with Crippen LogP contribution in [0.5, 0.6) is 0 Å². The number of halogens is 2. The summed E-state index contributed by atoms with van der Waals surface area (Å²) in [6.45, 7) is 0.419. The molecular weight excluding hydrogens is 307 g/mol. The van der Waals surface area contributed by atoms with E-state index < -0.39 is 0 Å². The molecule has 2 aromatic carbocycles. The Labute approximate surface area is 131 Å². The Bertz CT molecular complexity index is 841. The van der Waals surface area contributed by atoms with E-state index in [2.05, 4.69) is 0 Å². The Morgan fingerprint density at radius 2 is 2.05 bits per heavy atom. The van der Waals surface area contributed by atoms with Crippen molar-refractivity contribution in [3.05, 3.63) is 70.6 Å². The second kappa shape index (κ2) is 5.47. The Hall–Kier alpha value is -1.91. The summed E-state index contributed by atoms with van der Waals surface area (Å²) in [7, 11) is 0. The molecule has 0 atom stereocenters. The number of thiocarbonyl (C=S) groups is 1. The zero-order chi connectivity index (χ0) is 15.0. The van der Waals surface area contributed by atoms with Crippen molar-refractivity contribution in [2.75, 3.05) is 0 Å². The Morgan fingerprint density at radius 3 is 2.81 bits per heavy atom. The van der Waals surface area contributed by atoms with Crippen molar-refractivity contribution in [1.82, 2.24) is 4.57 Å². The highest BCUT2D eigenvalue weighted by Gasteiger charge is 2.09. The molecule has 2 N–H and O–H groups in total. The number of nitrogens with two attached hydrogens (primary N) is 1. The largest absolute Gasteiger partial charge is 0.389 e. The molecule has 0 aliphatic heterocycles. The zero-order valence-electron chi connectivity index (χ0n) is 11.0. The lowest BCUT2D eigenvalue weighted by Crippen LogP contribution is -2.09. The lowest BCUT2D eigenvalue weighted by atomic mass is 10.1. The average Bonchev–Trinajstić information content (AvgIpc) is 2.86. The zero-order valence-corrected chi connectivity index (χ0v) is 12.6. The number of hydrogen-bond donors (Lipinski definition) is 1. The molecule has 1 heterocycles. The van der Waals surface area contributed by atoms with E-state index >= 15 is 0 Å². The molecule has 0 radical (unpaired) electrons. The SMILES string of the molecule is NC(=S)c1ccc2c(ccn2Cc2cccc(Cl)c2F)c1. The highest BCUT2D eigenvalue weighted by atomic mass is 35.5. The van der Waals surface area contributed by atoms with Gasteiger partial charge in [0.05, 0.1) is 11.6 Å². The minimum atomic E-state index is -0.374. The summed E-state index contributed by atoms with van der Waals surface area (Å²) in [4.78, 5) is 0.366. The molecule has 0 spiro atoms. The lowest BCUT2D eigenvalue weighted by Gasteiger charge is -2.08. The van der Waals surface area contributed by atoms with Gasteiger partial charge in [-0.25, -0.2) is 4.39 Å². The third-order valence-corrected chi connectivity index (χ3v) is 3.96. The van der Waals surface area contributed by atoms with E-state index in [1.807, 2.05) is 35.0 Å². The van der Waals surface area contributed by atoms with E-state index in [-0.39, 0.29) is 10.8 Å². The van der Waals surface area contributed by atoms with Gasteiger partial charge in [-0.2, -0.15) is 0 Å². The smallest absolute Gasteiger partial charge is 0.146 e. The van der Waals surface area contributed by atoms with E-state index in [0.717, 1.165) is 16.5 Å². The van der Waals surface area contributed by atoms with Gasteiger partial charge in [-0.3, -0.25) is 0 Å². The summed E-state index contributed by atoms with van der Waals surface area (Å²) < 4.78 is 16.0. The second-order valence-corrected chi connectivity index (χ2v) is 5.64. The van der Waals surface area contributed by atoms with Gasteiger partial charge >= 0.3 is 0 Å². The molecule has 3 rings (SSSR count). The quantitative estimate of drug-likeness (QED) is 0.737. The van der Waals surface area contributed by atoms with Crippen molar-refractivity contribution in [2.24, 2.45) is 5.73 Å². The number of fused-ring (bicyclic) bond motifs is 1. The van der Waals surface area contributed by atoms with Gasteiger partial charge in [0.1, 0.15) is 10.8 Å². The summed E-state index contributed by atoms with van der Waals surface area (Å²) in [6, 6.07) is 12.7. The molecule has 21 heavy (non-hydrogen) atoms. The van der Waals surface area contributed by atoms with Crippen LogP contribution in [-0.4, -0.2) is 9.56 Å². The van der Waals surface area contributed by atoms with Gasteiger partial charge in [0, 0.05) is 28.2 Å². The fourth-order valence-electron chi connectivity index (χ4n) is 2.35. The van der Waals surface area contributed by atoms with Crippen molar-refractivity contribution in [1.29, 1.82) is 0 Å². The van der Waals surface area contributed by atoms with E-state index in [1.54, 1.807) is 18.2 Å². The maximum absolute atomic E-state index is 14.0. The van der Waals surface area contributed by atoms with Crippen LogP contribution in [-0.2, 0) is 6.54 Å². The van der Waals surface area contributed by atoms with Crippen molar-refractivity contribution < 1.29 is 4.39 Å². The number of rotatable bonds is 3. The summed E-state index contributed by atoms with van der Waals surface area (Å²) >= 11 is 10.8.